The van der Waals surface area contributed by atoms with Crippen molar-refractivity contribution >= 4 is 28.2 Å². The lowest BCUT2D eigenvalue weighted by molar-refractivity contribution is -0.127. The van der Waals surface area contributed by atoms with E-state index < -0.39 is 0 Å². The molecule has 1 atom stereocenters. The third kappa shape index (κ3) is 3.50. The van der Waals surface area contributed by atoms with Crippen molar-refractivity contribution in [3.63, 3.8) is 0 Å². The second-order valence-electron chi connectivity index (χ2n) is 5.99. The Morgan fingerprint density at radius 3 is 2.70 bits per heavy atom. The quantitative estimate of drug-likeness (QED) is 0.936. The van der Waals surface area contributed by atoms with Crippen LogP contribution in [0.1, 0.15) is 41.4 Å². The van der Waals surface area contributed by atoms with E-state index in [1.54, 1.807) is 18.3 Å². The van der Waals surface area contributed by atoms with Gasteiger partial charge < -0.3 is 10.2 Å². The number of aromatic nitrogens is 3. The Labute approximate surface area is 140 Å². The van der Waals surface area contributed by atoms with Crippen LogP contribution >= 0.6 is 11.3 Å². The maximum Gasteiger partial charge on any atom is 0.219 e. The molecule has 1 aliphatic heterocycles. The van der Waals surface area contributed by atoms with Gasteiger partial charge in [0.25, 0.3) is 0 Å². The first-order valence-corrected chi connectivity index (χ1v) is 8.56. The number of thiazole rings is 1. The summed E-state index contributed by atoms with van der Waals surface area (Å²) >= 11 is 1.62. The van der Waals surface area contributed by atoms with Crippen LogP contribution in [0, 0.1) is 20.8 Å². The molecule has 1 saturated heterocycles. The topological polar surface area (TPSA) is 71.0 Å². The summed E-state index contributed by atoms with van der Waals surface area (Å²) in [5.74, 6) is 1.90. The summed E-state index contributed by atoms with van der Waals surface area (Å²) in [7, 11) is 0. The molecule has 0 unspecified atom stereocenters. The lowest BCUT2D eigenvalue weighted by Crippen LogP contribution is -2.25. The normalized spacial score (nSPS) is 17.6. The van der Waals surface area contributed by atoms with E-state index in [9.17, 15) is 4.79 Å². The van der Waals surface area contributed by atoms with Crippen molar-refractivity contribution < 1.29 is 4.79 Å². The van der Waals surface area contributed by atoms with Gasteiger partial charge in [0.2, 0.25) is 5.91 Å². The Balaban J connectivity index is 1.80. The molecule has 2 aromatic rings. The van der Waals surface area contributed by atoms with Crippen LogP contribution in [0.3, 0.4) is 0 Å². The number of aryl methyl sites for hydroxylation is 3. The molecular formula is C16H21N5OS. The van der Waals surface area contributed by atoms with Crippen molar-refractivity contribution in [2.45, 2.75) is 40.0 Å². The van der Waals surface area contributed by atoms with Crippen LogP contribution in [0.4, 0.5) is 10.9 Å². The van der Waals surface area contributed by atoms with E-state index >= 15 is 0 Å². The molecule has 1 amide bonds. The van der Waals surface area contributed by atoms with E-state index in [-0.39, 0.29) is 11.8 Å². The predicted molar refractivity (Wildman–Crippen MR) is 91.3 cm³/mol. The Bertz CT molecular complexity index is 723. The minimum atomic E-state index is 0.118. The van der Waals surface area contributed by atoms with Gasteiger partial charge in [0.05, 0.1) is 5.69 Å². The first-order chi connectivity index (χ1) is 10.9. The van der Waals surface area contributed by atoms with Crippen LogP contribution in [0.2, 0.25) is 0 Å². The maximum absolute atomic E-state index is 11.5. The molecule has 2 aromatic heterocycles. The lowest BCUT2D eigenvalue weighted by atomic mass is 10.1. The highest BCUT2D eigenvalue weighted by molar-refractivity contribution is 7.15. The minimum Gasteiger partial charge on any atom is -0.342 e. The van der Waals surface area contributed by atoms with Crippen LogP contribution in [0.15, 0.2) is 6.07 Å². The zero-order valence-electron chi connectivity index (χ0n) is 13.9. The molecule has 0 saturated carbocycles. The molecular weight excluding hydrogens is 310 g/mol. The fraction of sp³-hybridized carbons (Fsp3) is 0.500. The van der Waals surface area contributed by atoms with Crippen molar-refractivity contribution in [2.75, 3.05) is 18.4 Å². The van der Waals surface area contributed by atoms with Crippen molar-refractivity contribution in [3.05, 3.63) is 28.2 Å². The molecule has 23 heavy (non-hydrogen) atoms. The maximum atomic E-state index is 11.5. The SMILES string of the molecule is CC(=O)N1CC[C@@H](c2nc(C)cc(Nc3nc(C)c(C)s3)n2)C1. The van der Waals surface area contributed by atoms with Gasteiger partial charge in [-0.3, -0.25) is 4.79 Å². The highest BCUT2D eigenvalue weighted by atomic mass is 32.1. The third-order valence-corrected chi connectivity index (χ3v) is 5.12. The van der Waals surface area contributed by atoms with Crippen LogP contribution in [-0.4, -0.2) is 38.8 Å². The molecule has 0 aliphatic carbocycles. The first kappa shape index (κ1) is 15.9. The fourth-order valence-electron chi connectivity index (χ4n) is 2.73. The first-order valence-electron chi connectivity index (χ1n) is 7.74. The summed E-state index contributed by atoms with van der Waals surface area (Å²) in [6, 6.07) is 1.92. The van der Waals surface area contributed by atoms with Gasteiger partial charge in [-0.2, -0.15) is 0 Å². The van der Waals surface area contributed by atoms with Gasteiger partial charge in [-0.1, -0.05) is 0 Å². The second-order valence-corrected chi connectivity index (χ2v) is 7.19. The molecule has 3 heterocycles. The monoisotopic (exact) mass is 331 g/mol. The highest BCUT2D eigenvalue weighted by Crippen LogP contribution is 2.28. The molecule has 0 spiro atoms. The van der Waals surface area contributed by atoms with Gasteiger partial charge in [0.15, 0.2) is 5.13 Å². The highest BCUT2D eigenvalue weighted by Gasteiger charge is 2.27. The number of carbonyl (C=O) groups is 1. The predicted octanol–water partition coefficient (Wildman–Crippen LogP) is 2.94. The number of likely N-dealkylation sites (tertiary alicyclic amines) is 1. The van der Waals surface area contributed by atoms with E-state index in [0.29, 0.717) is 6.54 Å². The van der Waals surface area contributed by atoms with Gasteiger partial charge in [0, 0.05) is 42.6 Å². The summed E-state index contributed by atoms with van der Waals surface area (Å²) in [6.07, 6.45) is 0.915. The molecule has 0 aromatic carbocycles. The molecule has 0 radical (unpaired) electrons. The molecule has 0 bridgehead atoms. The molecule has 1 fully saturated rings. The summed E-state index contributed by atoms with van der Waals surface area (Å²) in [5.41, 5.74) is 1.96. The van der Waals surface area contributed by atoms with Crippen LogP contribution in [-0.2, 0) is 4.79 Å². The molecule has 122 valence electrons. The Morgan fingerprint density at radius 1 is 1.30 bits per heavy atom. The standard InChI is InChI=1S/C16H21N5OS/c1-9-7-14(20-16-18-10(2)11(3)23-16)19-15(17-9)13-5-6-21(8-13)12(4)22/h7,13H,5-6,8H2,1-4H3,(H,17,18,19,20)/t13-/m1/s1. The van der Waals surface area contributed by atoms with Crippen molar-refractivity contribution in [3.8, 4) is 0 Å². The summed E-state index contributed by atoms with van der Waals surface area (Å²) < 4.78 is 0. The van der Waals surface area contributed by atoms with Crippen molar-refractivity contribution in [1.29, 1.82) is 0 Å². The average molecular weight is 331 g/mol. The van der Waals surface area contributed by atoms with E-state index in [0.717, 1.165) is 41.1 Å². The average Bonchev–Trinajstić information content (AvgIpc) is 3.06. The zero-order valence-corrected chi connectivity index (χ0v) is 14.7. The number of carbonyl (C=O) groups excluding carboxylic acids is 1. The van der Waals surface area contributed by atoms with Crippen LogP contribution in [0.5, 0.6) is 0 Å². The van der Waals surface area contributed by atoms with Crippen molar-refractivity contribution in [2.24, 2.45) is 0 Å². The number of rotatable bonds is 3. The second kappa shape index (κ2) is 6.23. The third-order valence-electron chi connectivity index (χ3n) is 4.13. The summed E-state index contributed by atoms with van der Waals surface area (Å²) in [5, 5.41) is 4.13. The molecule has 6 nitrogen and oxygen atoms in total. The zero-order chi connectivity index (χ0) is 16.6. The summed E-state index contributed by atoms with van der Waals surface area (Å²) in [4.78, 5) is 28.3. The smallest absolute Gasteiger partial charge is 0.219 e. The van der Waals surface area contributed by atoms with Crippen molar-refractivity contribution in [1.82, 2.24) is 19.9 Å². The molecule has 1 aliphatic rings. The van der Waals surface area contributed by atoms with E-state index in [1.807, 2.05) is 24.8 Å². The Hall–Kier alpha value is -2.02. The van der Waals surface area contributed by atoms with E-state index in [1.165, 1.54) is 4.88 Å². The number of amides is 1. The van der Waals surface area contributed by atoms with Gasteiger partial charge in [0.1, 0.15) is 11.6 Å². The van der Waals surface area contributed by atoms with Gasteiger partial charge in [-0.05, 0) is 27.2 Å². The summed E-state index contributed by atoms with van der Waals surface area (Å²) in [6.45, 7) is 9.12. The number of anilines is 2. The van der Waals surface area contributed by atoms with Gasteiger partial charge in [-0.15, -0.1) is 11.3 Å². The van der Waals surface area contributed by atoms with Gasteiger partial charge in [-0.25, -0.2) is 15.0 Å². The molecule has 3 rings (SSSR count). The van der Waals surface area contributed by atoms with Crippen LogP contribution < -0.4 is 5.32 Å². The van der Waals surface area contributed by atoms with Gasteiger partial charge >= 0.3 is 0 Å². The van der Waals surface area contributed by atoms with E-state index in [4.69, 9.17) is 0 Å². The minimum absolute atomic E-state index is 0.118. The number of hydrogen-bond donors (Lipinski definition) is 1. The molecule has 1 N–H and O–H groups in total. The largest absolute Gasteiger partial charge is 0.342 e. The Morgan fingerprint density at radius 2 is 2.09 bits per heavy atom. The fourth-order valence-corrected chi connectivity index (χ4v) is 3.55. The Kier molecular flexibility index (Phi) is 4.30. The lowest BCUT2D eigenvalue weighted by Gasteiger charge is -2.14. The van der Waals surface area contributed by atoms with Crippen LogP contribution in [0.25, 0.3) is 0 Å². The number of nitrogens with zero attached hydrogens (tertiary/aromatic N) is 4. The number of nitrogens with one attached hydrogen (secondary N) is 1. The number of hydrogen-bond acceptors (Lipinski definition) is 6. The van der Waals surface area contributed by atoms with E-state index in [2.05, 4.69) is 27.2 Å². The molecule has 7 heteroatoms.